The summed E-state index contributed by atoms with van der Waals surface area (Å²) >= 11 is 1.58. The summed E-state index contributed by atoms with van der Waals surface area (Å²) in [4.78, 5) is 9.64. The summed E-state index contributed by atoms with van der Waals surface area (Å²) in [6.07, 6.45) is 2.03. The SMILES string of the molecule is CCCc1nc(-c2scnc2C)n[nH]1. The molecule has 0 bridgehead atoms. The van der Waals surface area contributed by atoms with Gasteiger partial charge in [0.15, 0.2) is 5.82 Å². The van der Waals surface area contributed by atoms with Crippen molar-refractivity contribution in [2.24, 2.45) is 0 Å². The molecule has 2 aromatic rings. The zero-order valence-corrected chi connectivity index (χ0v) is 9.06. The number of aryl methyl sites for hydroxylation is 2. The zero-order valence-electron chi connectivity index (χ0n) is 8.24. The lowest BCUT2D eigenvalue weighted by Crippen LogP contribution is -1.85. The molecule has 0 radical (unpaired) electrons. The van der Waals surface area contributed by atoms with Crippen LogP contribution in [0.15, 0.2) is 5.51 Å². The Hall–Kier alpha value is -1.23. The number of nitrogens with zero attached hydrogens (tertiary/aromatic N) is 3. The maximum absolute atomic E-state index is 4.41. The van der Waals surface area contributed by atoms with E-state index in [9.17, 15) is 0 Å². The highest BCUT2D eigenvalue weighted by Gasteiger charge is 2.09. The third kappa shape index (κ3) is 1.68. The summed E-state index contributed by atoms with van der Waals surface area (Å²) in [5, 5.41) is 7.11. The molecule has 0 fully saturated rings. The van der Waals surface area contributed by atoms with Crippen molar-refractivity contribution < 1.29 is 0 Å². The first-order valence-corrected chi connectivity index (χ1v) is 5.51. The summed E-state index contributed by atoms with van der Waals surface area (Å²) in [5.74, 6) is 1.73. The third-order valence-corrected chi connectivity index (χ3v) is 2.89. The fourth-order valence-corrected chi connectivity index (χ4v) is 2.00. The van der Waals surface area contributed by atoms with Crippen molar-refractivity contribution in [2.45, 2.75) is 26.7 Å². The molecule has 0 aliphatic heterocycles. The number of aromatic amines is 1. The second-order valence-corrected chi connectivity index (χ2v) is 3.98. The highest BCUT2D eigenvalue weighted by molar-refractivity contribution is 7.13. The van der Waals surface area contributed by atoms with E-state index in [1.165, 1.54) is 0 Å². The Kier molecular flexibility index (Phi) is 2.58. The molecule has 0 amide bonds. The topological polar surface area (TPSA) is 54.5 Å². The second kappa shape index (κ2) is 3.88. The van der Waals surface area contributed by atoms with Crippen LogP contribution >= 0.6 is 11.3 Å². The molecule has 0 saturated heterocycles. The number of thiazole rings is 1. The normalized spacial score (nSPS) is 10.7. The molecule has 0 aliphatic rings. The average molecular weight is 208 g/mol. The minimum atomic E-state index is 0.772. The molecule has 0 atom stereocenters. The van der Waals surface area contributed by atoms with Crippen molar-refractivity contribution in [3.8, 4) is 10.7 Å². The van der Waals surface area contributed by atoms with E-state index < -0.39 is 0 Å². The summed E-state index contributed by atoms with van der Waals surface area (Å²) in [6, 6.07) is 0. The van der Waals surface area contributed by atoms with Gasteiger partial charge in [0.1, 0.15) is 5.82 Å². The Bertz CT molecular complexity index is 418. The van der Waals surface area contributed by atoms with Gasteiger partial charge in [0.2, 0.25) is 0 Å². The number of aromatic nitrogens is 4. The number of hydrogen-bond donors (Lipinski definition) is 1. The van der Waals surface area contributed by atoms with Gasteiger partial charge < -0.3 is 0 Å². The summed E-state index contributed by atoms with van der Waals surface area (Å²) < 4.78 is 0. The van der Waals surface area contributed by atoms with Crippen molar-refractivity contribution in [1.29, 1.82) is 0 Å². The molecule has 0 aromatic carbocycles. The Morgan fingerprint density at radius 3 is 3.00 bits per heavy atom. The van der Waals surface area contributed by atoms with Gasteiger partial charge in [-0.1, -0.05) is 6.92 Å². The molecule has 14 heavy (non-hydrogen) atoms. The Morgan fingerprint density at radius 1 is 1.50 bits per heavy atom. The van der Waals surface area contributed by atoms with Crippen molar-refractivity contribution in [3.05, 3.63) is 17.0 Å². The molecule has 1 N–H and O–H groups in total. The standard InChI is InChI=1S/C9H12N4S/c1-3-4-7-11-9(13-12-7)8-6(2)10-5-14-8/h5H,3-4H2,1-2H3,(H,11,12,13). The molecular weight excluding hydrogens is 196 g/mol. The Morgan fingerprint density at radius 2 is 2.36 bits per heavy atom. The van der Waals surface area contributed by atoms with E-state index in [2.05, 4.69) is 27.1 Å². The van der Waals surface area contributed by atoms with Crippen LogP contribution in [-0.4, -0.2) is 20.2 Å². The molecule has 2 rings (SSSR count). The predicted molar refractivity (Wildman–Crippen MR) is 56.2 cm³/mol. The zero-order chi connectivity index (χ0) is 9.97. The third-order valence-electron chi connectivity index (χ3n) is 1.97. The molecule has 4 nitrogen and oxygen atoms in total. The minimum Gasteiger partial charge on any atom is -0.263 e. The molecule has 0 aliphatic carbocycles. The maximum atomic E-state index is 4.41. The second-order valence-electron chi connectivity index (χ2n) is 3.12. The summed E-state index contributed by atoms with van der Waals surface area (Å²) in [7, 11) is 0. The minimum absolute atomic E-state index is 0.772. The van der Waals surface area contributed by atoms with Crippen molar-refractivity contribution in [3.63, 3.8) is 0 Å². The van der Waals surface area contributed by atoms with E-state index in [4.69, 9.17) is 0 Å². The maximum Gasteiger partial charge on any atom is 0.193 e. The highest BCUT2D eigenvalue weighted by atomic mass is 32.1. The lowest BCUT2D eigenvalue weighted by Gasteiger charge is -1.89. The van der Waals surface area contributed by atoms with Gasteiger partial charge in [-0.2, -0.15) is 5.10 Å². The molecule has 2 heterocycles. The van der Waals surface area contributed by atoms with Crippen LogP contribution in [0.2, 0.25) is 0 Å². The lowest BCUT2D eigenvalue weighted by atomic mass is 10.3. The smallest absolute Gasteiger partial charge is 0.193 e. The predicted octanol–water partition coefficient (Wildman–Crippen LogP) is 2.19. The lowest BCUT2D eigenvalue weighted by molar-refractivity contribution is 0.841. The highest BCUT2D eigenvalue weighted by Crippen LogP contribution is 2.23. The van der Waals surface area contributed by atoms with E-state index in [0.29, 0.717) is 0 Å². The number of nitrogens with one attached hydrogen (secondary N) is 1. The number of rotatable bonds is 3. The summed E-state index contributed by atoms with van der Waals surface area (Å²) in [6.45, 7) is 4.10. The van der Waals surface area contributed by atoms with Crippen LogP contribution in [0, 0.1) is 6.92 Å². The van der Waals surface area contributed by atoms with E-state index in [1.807, 2.05) is 12.4 Å². The monoisotopic (exact) mass is 208 g/mol. The van der Waals surface area contributed by atoms with Crippen molar-refractivity contribution in [2.75, 3.05) is 0 Å². The summed E-state index contributed by atoms with van der Waals surface area (Å²) in [5.41, 5.74) is 2.82. The van der Waals surface area contributed by atoms with Gasteiger partial charge in [0.05, 0.1) is 16.1 Å². The van der Waals surface area contributed by atoms with Crippen LogP contribution in [-0.2, 0) is 6.42 Å². The van der Waals surface area contributed by atoms with E-state index >= 15 is 0 Å². The van der Waals surface area contributed by atoms with E-state index in [0.717, 1.165) is 35.1 Å². The van der Waals surface area contributed by atoms with Gasteiger partial charge in [0.25, 0.3) is 0 Å². The first-order chi connectivity index (χ1) is 6.81. The van der Waals surface area contributed by atoms with Crippen LogP contribution in [0.4, 0.5) is 0 Å². The van der Waals surface area contributed by atoms with Gasteiger partial charge in [-0.15, -0.1) is 11.3 Å². The van der Waals surface area contributed by atoms with Crippen molar-refractivity contribution >= 4 is 11.3 Å². The van der Waals surface area contributed by atoms with Gasteiger partial charge in [0, 0.05) is 6.42 Å². The fraction of sp³-hybridized carbons (Fsp3) is 0.444. The Labute approximate surface area is 86.4 Å². The molecule has 0 unspecified atom stereocenters. The van der Waals surface area contributed by atoms with E-state index in [1.54, 1.807) is 11.3 Å². The van der Waals surface area contributed by atoms with Gasteiger partial charge >= 0.3 is 0 Å². The van der Waals surface area contributed by atoms with Crippen LogP contribution in [0.1, 0.15) is 24.9 Å². The van der Waals surface area contributed by atoms with Crippen LogP contribution < -0.4 is 0 Å². The average Bonchev–Trinajstić information content (AvgIpc) is 2.74. The molecule has 2 aromatic heterocycles. The van der Waals surface area contributed by atoms with Gasteiger partial charge in [-0.25, -0.2) is 9.97 Å². The largest absolute Gasteiger partial charge is 0.263 e. The Balaban J connectivity index is 2.29. The fourth-order valence-electron chi connectivity index (χ4n) is 1.26. The first-order valence-electron chi connectivity index (χ1n) is 4.63. The quantitative estimate of drug-likeness (QED) is 0.841. The van der Waals surface area contributed by atoms with Crippen LogP contribution in [0.5, 0.6) is 0 Å². The van der Waals surface area contributed by atoms with Crippen LogP contribution in [0.3, 0.4) is 0 Å². The number of H-pyrrole nitrogens is 1. The molecular formula is C9H12N4S. The van der Waals surface area contributed by atoms with Gasteiger partial charge in [-0.3, -0.25) is 5.10 Å². The van der Waals surface area contributed by atoms with Crippen LogP contribution in [0.25, 0.3) is 10.7 Å². The number of hydrogen-bond acceptors (Lipinski definition) is 4. The molecule has 0 spiro atoms. The molecule has 74 valence electrons. The first kappa shape index (κ1) is 9.33. The van der Waals surface area contributed by atoms with E-state index in [-0.39, 0.29) is 0 Å². The molecule has 5 heteroatoms. The van der Waals surface area contributed by atoms with Gasteiger partial charge in [-0.05, 0) is 13.3 Å². The van der Waals surface area contributed by atoms with Crippen molar-refractivity contribution in [1.82, 2.24) is 20.2 Å². The molecule has 0 saturated carbocycles.